The number of methoxy groups -OCH3 is 1. The van der Waals surface area contributed by atoms with Crippen molar-refractivity contribution in [3.05, 3.63) is 29.8 Å². The highest BCUT2D eigenvalue weighted by Gasteiger charge is 2.09. The first-order valence-electron chi connectivity index (χ1n) is 5.51. The van der Waals surface area contributed by atoms with Gasteiger partial charge in [-0.25, -0.2) is 4.98 Å². The first-order chi connectivity index (χ1) is 8.69. The molecule has 2 aromatic heterocycles. The van der Waals surface area contributed by atoms with Crippen molar-refractivity contribution < 1.29 is 9.15 Å². The van der Waals surface area contributed by atoms with Crippen molar-refractivity contribution in [2.24, 2.45) is 5.73 Å². The smallest absolute Gasteiger partial charge is 0.315 e. The predicted octanol–water partition coefficient (Wildman–Crippen LogP) is 1.10. The zero-order valence-corrected chi connectivity index (χ0v) is 10.3. The molecule has 2 heterocycles. The molecule has 0 aliphatic heterocycles. The Labute approximate surface area is 104 Å². The minimum absolute atomic E-state index is 0.268. The van der Waals surface area contributed by atoms with Gasteiger partial charge in [-0.05, 0) is 12.5 Å². The van der Waals surface area contributed by atoms with Crippen LogP contribution in [0.25, 0.3) is 0 Å². The summed E-state index contributed by atoms with van der Waals surface area (Å²) in [6.07, 6.45) is 1.72. The minimum atomic E-state index is -0.268. The maximum atomic E-state index is 5.62. The second-order valence-electron chi connectivity index (χ2n) is 3.80. The number of hydrogen-bond donors (Lipinski definition) is 2. The predicted molar refractivity (Wildman–Crippen MR) is 65.0 cm³/mol. The summed E-state index contributed by atoms with van der Waals surface area (Å²) in [4.78, 5) is 4.09. The van der Waals surface area contributed by atoms with E-state index < -0.39 is 0 Å². The third-order valence-electron chi connectivity index (χ3n) is 2.28. The third kappa shape index (κ3) is 2.95. The average molecular weight is 249 g/mol. The van der Waals surface area contributed by atoms with Gasteiger partial charge in [-0.3, -0.25) is 0 Å². The van der Waals surface area contributed by atoms with Gasteiger partial charge >= 0.3 is 6.01 Å². The topological polar surface area (TPSA) is 99.1 Å². The molecule has 2 aromatic rings. The maximum absolute atomic E-state index is 5.62. The molecule has 0 amide bonds. The maximum Gasteiger partial charge on any atom is 0.315 e. The van der Waals surface area contributed by atoms with Crippen LogP contribution in [0.15, 0.2) is 22.7 Å². The van der Waals surface area contributed by atoms with E-state index in [9.17, 15) is 0 Å². The normalized spacial score (nSPS) is 12.2. The summed E-state index contributed by atoms with van der Waals surface area (Å²) >= 11 is 0. The van der Waals surface area contributed by atoms with Crippen molar-refractivity contribution in [1.29, 1.82) is 0 Å². The van der Waals surface area contributed by atoms with Gasteiger partial charge in [0.15, 0.2) is 0 Å². The Morgan fingerprint density at radius 2 is 2.28 bits per heavy atom. The Morgan fingerprint density at radius 3 is 2.83 bits per heavy atom. The van der Waals surface area contributed by atoms with E-state index in [0.717, 1.165) is 5.56 Å². The zero-order valence-electron chi connectivity index (χ0n) is 10.3. The van der Waals surface area contributed by atoms with E-state index >= 15 is 0 Å². The number of nitrogens with two attached hydrogens (primary N) is 1. The van der Waals surface area contributed by atoms with Crippen molar-refractivity contribution in [3.63, 3.8) is 0 Å². The summed E-state index contributed by atoms with van der Waals surface area (Å²) in [6.45, 7) is 2.32. The van der Waals surface area contributed by atoms with Crippen molar-refractivity contribution in [1.82, 2.24) is 15.2 Å². The van der Waals surface area contributed by atoms with Crippen LogP contribution >= 0.6 is 0 Å². The molecular formula is C11H15N5O2. The highest BCUT2D eigenvalue weighted by atomic mass is 16.5. The summed E-state index contributed by atoms with van der Waals surface area (Å²) in [5.74, 6) is 0.987. The monoisotopic (exact) mass is 249 g/mol. The van der Waals surface area contributed by atoms with Gasteiger partial charge in [0.25, 0.3) is 0 Å². The molecule has 3 N–H and O–H groups in total. The van der Waals surface area contributed by atoms with Gasteiger partial charge in [-0.1, -0.05) is 11.2 Å². The number of rotatable bonds is 5. The van der Waals surface area contributed by atoms with E-state index in [-0.39, 0.29) is 6.04 Å². The molecule has 0 aliphatic carbocycles. The number of anilines is 1. The van der Waals surface area contributed by atoms with Crippen LogP contribution in [0, 0.1) is 0 Å². The highest BCUT2D eigenvalue weighted by molar-refractivity contribution is 5.24. The number of aromatic nitrogens is 3. The molecule has 7 heteroatoms. The van der Waals surface area contributed by atoms with Crippen LogP contribution in [0.3, 0.4) is 0 Å². The lowest BCUT2D eigenvalue weighted by Crippen LogP contribution is -2.04. The van der Waals surface area contributed by atoms with E-state index in [0.29, 0.717) is 24.3 Å². The molecule has 1 atom stereocenters. The quantitative estimate of drug-likeness (QED) is 0.818. The summed E-state index contributed by atoms with van der Waals surface area (Å²) in [5, 5.41) is 10.6. The Hall–Kier alpha value is -2.15. The first-order valence-corrected chi connectivity index (χ1v) is 5.51. The lowest BCUT2D eigenvalue weighted by atomic mass is 10.3. The summed E-state index contributed by atoms with van der Waals surface area (Å²) in [5.41, 5.74) is 6.60. The fraction of sp³-hybridized carbons (Fsp3) is 0.364. The SMILES string of the molecule is COc1ccc(CNc2nnc(C(C)N)o2)cn1. The number of nitrogens with one attached hydrogen (secondary N) is 1. The molecule has 0 spiro atoms. The molecule has 0 saturated carbocycles. The molecule has 18 heavy (non-hydrogen) atoms. The molecule has 2 rings (SSSR count). The largest absolute Gasteiger partial charge is 0.481 e. The highest BCUT2D eigenvalue weighted by Crippen LogP contribution is 2.13. The van der Waals surface area contributed by atoms with E-state index in [2.05, 4.69) is 20.5 Å². The Balaban J connectivity index is 1.93. The molecular weight excluding hydrogens is 234 g/mol. The van der Waals surface area contributed by atoms with Crippen LogP contribution in [0.4, 0.5) is 6.01 Å². The van der Waals surface area contributed by atoms with Crippen molar-refractivity contribution in [3.8, 4) is 5.88 Å². The van der Waals surface area contributed by atoms with Gasteiger partial charge in [-0.2, -0.15) is 0 Å². The van der Waals surface area contributed by atoms with Crippen LogP contribution in [0.2, 0.25) is 0 Å². The molecule has 0 radical (unpaired) electrons. The molecule has 0 aromatic carbocycles. The lowest BCUT2D eigenvalue weighted by molar-refractivity contribution is 0.397. The van der Waals surface area contributed by atoms with Crippen LogP contribution in [-0.4, -0.2) is 22.3 Å². The van der Waals surface area contributed by atoms with Crippen molar-refractivity contribution in [2.75, 3.05) is 12.4 Å². The van der Waals surface area contributed by atoms with Crippen molar-refractivity contribution >= 4 is 6.01 Å². The fourth-order valence-corrected chi connectivity index (χ4v) is 1.30. The fourth-order valence-electron chi connectivity index (χ4n) is 1.30. The van der Waals surface area contributed by atoms with Crippen LogP contribution in [0.5, 0.6) is 5.88 Å². The number of pyridine rings is 1. The van der Waals surface area contributed by atoms with E-state index in [1.54, 1.807) is 26.3 Å². The van der Waals surface area contributed by atoms with E-state index in [1.165, 1.54) is 0 Å². The van der Waals surface area contributed by atoms with Gasteiger partial charge in [0.1, 0.15) is 0 Å². The van der Waals surface area contributed by atoms with Crippen LogP contribution in [0.1, 0.15) is 24.4 Å². The minimum Gasteiger partial charge on any atom is -0.481 e. The standard InChI is InChI=1S/C11H15N5O2/c1-7(12)10-15-16-11(18-10)14-6-8-3-4-9(17-2)13-5-8/h3-5,7H,6,12H2,1-2H3,(H,14,16). The zero-order chi connectivity index (χ0) is 13.0. The molecule has 0 bridgehead atoms. The molecule has 7 nitrogen and oxygen atoms in total. The van der Waals surface area contributed by atoms with Gasteiger partial charge in [0.2, 0.25) is 11.8 Å². The van der Waals surface area contributed by atoms with Gasteiger partial charge in [0, 0.05) is 18.8 Å². The number of ether oxygens (including phenoxy) is 1. The summed E-state index contributed by atoms with van der Waals surface area (Å²) < 4.78 is 10.3. The second kappa shape index (κ2) is 5.46. The van der Waals surface area contributed by atoms with Crippen LogP contribution < -0.4 is 15.8 Å². The molecule has 1 unspecified atom stereocenters. The molecule has 0 saturated heterocycles. The third-order valence-corrected chi connectivity index (χ3v) is 2.28. The Bertz CT molecular complexity index is 494. The first kappa shape index (κ1) is 12.3. The molecule has 96 valence electrons. The molecule has 0 aliphatic rings. The lowest BCUT2D eigenvalue weighted by Gasteiger charge is -2.02. The van der Waals surface area contributed by atoms with Crippen LogP contribution in [-0.2, 0) is 6.54 Å². The molecule has 0 fully saturated rings. The van der Waals surface area contributed by atoms with Gasteiger partial charge in [-0.15, -0.1) is 5.10 Å². The Morgan fingerprint density at radius 1 is 1.44 bits per heavy atom. The second-order valence-corrected chi connectivity index (χ2v) is 3.80. The number of hydrogen-bond acceptors (Lipinski definition) is 7. The summed E-state index contributed by atoms with van der Waals surface area (Å²) in [7, 11) is 1.58. The Kier molecular flexibility index (Phi) is 3.73. The van der Waals surface area contributed by atoms with E-state index in [1.807, 2.05) is 6.07 Å². The van der Waals surface area contributed by atoms with Gasteiger partial charge in [0.05, 0.1) is 13.2 Å². The summed E-state index contributed by atoms with van der Waals surface area (Å²) in [6, 6.07) is 3.77. The van der Waals surface area contributed by atoms with Gasteiger partial charge < -0.3 is 20.2 Å². The average Bonchev–Trinajstić information content (AvgIpc) is 2.86. The van der Waals surface area contributed by atoms with E-state index in [4.69, 9.17) is 14.9 Å². The number of nitrogens with zero attached hydrogens (tertiary/aromatic N) is 3. The van der Waals surface area contributed by atoms with Crippen molar-refractivity contribution in [2.45, 2.75) is 19.5 Å².